The Morgan fingerprint density at radius 1 is 1.00 bits per heavy atom. The average molecular weight is 494 g/mol. The van der Waals surface area contributed by atoms with Crippen LogP contribution in [0.5, 0.6) is 5.75 Å². The van der Waals surface area contributed by atoms with E-state index in [0.29, 0.717) is 27.6 Å². The first-order chi connectivity index (χ1) is 16.5. The molecule has 0 aliphatic carbocycles. The highest BCUT2D eigenvalue weighted by Gasteiger charge is 2.47. The highest BCUT2D eigenvalue weighted by Crippen LogP contribution is 2.44. The zero-order valence-corrected chi connectivity index (χ0v) is 20.6. The Bertz CT molecular complexity index is 1320. The van der Waals surface area contributed by atoms with Crippen molar-refractivity contribution in [3.05, 3.63) is 99.8 Å². The van der Waals surface area contributed by atoms with E-state index in [1.807, 2.05) is 26.8 Å². The number of aliphatic hydroxyl groups excluding tert-OH is 1. The van der Waals surface area contributed by atoms with Crippen molar-refractivity contribution in [1.29, 1.82) is 0 Å². The topological polar surface area (TPSA) is 66.8 Å². The molecule has 1 fully saturated rings. The monoisotopic (exact) mass is 493 g/mol. The van der Waals surface area contributed by atoms with Crippen LogP contribution in [0, 0.1) is 5.82 Å². The number of benzene rings is 3. The van der Waals surface area contributed by atoms with Crippen LogP contribution in [-0.4, -0.2) is 23.9 Å². The molecule has 4 rings (SSSR count). The number of Topliss-reactive ketones (excluding diaryl/α,β-unsaturated/α-hetero) is 1. The first-order valence-corrected chi connectivity index (χ1v) is 11.4. The van der Waals surface area contributed by atoms with Crippen LogP contribution in [0.15, 0.2) is 72.3 Å². The lowest BCUT2D eigenvalue weighted by molar-refractivity contribution is -0.132. The van der Waals surface area contributed by atoms with E-state index in [9.17, 15) is 19.1 Å². The van der Waals surface area contributed by atoms with Crippen molar-refractivity contribution in [3.63, 3.8) is 0 Å². The van der Waals surface area contributed by atoms with Gasteiger partial charge in [0.05, 0.1) is 24.3 Å². The van der Waals surface area contributed by atoms with Gasteiger partial charge in [-0.2, -0.15) is 0 Å². The van der Waals surface area contributed by atoms with E-state index in [4.69, 9.17) is 16.3 Å². The summed E-state index contributed by atoms with van der Waals surface area (Å²) in [6.45, 7) is 6.07. The lowest BCUT2D eigenvalue weighted by Gasteiger charge is -2.26. The second-order valence-electron chi connectivity index (χ2n) is 9.36. The van der Waals surface area contributed by atoms with E-state index < -0.39 is 23.5 Å². The van der Waals surface area contributed by atoms with Crippen molar-refractivity contribution in [3.8, 4) is 5.75 Å². The Morgan fingerprint density at radius 2 is 1.63 bits per heavy atom. The van der Waals surface area contributed by atoms with Crippen molar-refractivity contribution >= 4 is 34.7 Å². The molecular formula is C28H25ClFNO4. The molecule has 1 heterocycles. The van der Waals surface area contributed by atoms with Gasteiger partial charge in [0, 0.05) is 10.7 Å². The van der Waals surface area contributed by atoms with Crippen LogP contribution >= 0.6 is 11.6 Å². The van der Waals surface area contributed by atoms with Crippen molar-refractivity contribution in [2.24, 2.45) is 0 Å². The van der Waals surface area contributed by atoms with Gasteiger partial charge in [0.25, 0.3) is 11.7 Å². The average Bonchev–Trinajstić information content (AvgIpc) is 3.09. The van der Waals surface area contributed by atoms with Gasteiger partial charge in [0.1, 0.15) is 17.3 Å². The van der Waals surface area contributed by atoms with E-state index >= 15 is 0 Å². The number of hydrogen-bond donors (Lipinski definition) is 1. The molecule has 0 radical (unpaired) electrons. The minimum atomic E-state index is -0.986. The molecular weight excluding hydrogens is 469 g/mol. The SMILES string of the molecule is COc1ccc(C(C)(C)C)cc1/C(O)=C1\C(=O)C(=O)N(c2ccc(Cl)cc2)C1c1ccc(F)cc1. The molecule has 0 saturated carbocycles. The molecule has 1 unspecified atom stereocenters. The molecule has 35 heavy (non-hydrogen) atoms. The molecule has 1 aliphatic heterocycles. The van der Waals surface area contributed by atoms with Gasteiger partial charge >= 0.3 is 0 Å². The number of carbonyl (C=O) groups excluding carboxylic acids is 2. The molecule has 0 spiro atoms. The first kappa shape index (κ1) is 24.5. The van der Waals surface area contributed by atoms with Crippen LogP contribution in [0.1, 0.15) is 43.5 Å². The standard InChI is InChI=1S/C28H25ClFNO4/c1-28(2,3)17-7-14-22(35-4)21(15-17)25(32)23-24(16-5-10-19(30)11-6-16)31(27(34)26(23)33)20-12-8-18(29)9-13-20/h5-15,24,32H,1-4H3/b25-23+. The Kier molecular flexibility index (Phi) is 6.43. The molecule has 1 aliphatic rings. The molecule has 180 valence electrons. The van der Waals surface area contributed by atoms with Gasteiger partial charge in [-0.05, 0) is 65.1 Å². The molecule has 3 aromatic rings. The summed E-state index contributed by atoms with van der Waals surface area (Å²) in [7, 11) is 1.46. The minimum absolute atomic E-state index is 0.110. The zero-order valence-electron chi connectivity index (χ0n) is 19.8. The number of carbonyl (C=O) groups is 2. The van der Waals surface area contributed by atoms with Crippen LogP contribution in [0.4, 0.5) is 10.1 Å². The Labute approximate surface area is 208 Å². The smallest absolute Gasteiger partial charge is 0.300 e. The van der Waals surface area contributed by atoms with Gasteiger partial charge < -0.3 is 9.84 Å². The number of hydrogen-bond acceptors (Lipinski definition) is 4. The number of halogens is 2. The largest absolute Gasteiger partial charge is 0.507 e. The summed E-state index contributed by atoms with van der Waals surface area (Å²) in [4.78, 5) is 27.9. The molecule has 0 aromatic heterocycles. The Hall–Kier alpha value is -3.64. The number of anilines is 1. The number of amides is 1. The van der Waals surface area contributed by atoms with Crippen molar-refractivity contribution < 1.29 is 23.8 Å². The number of methoxy groups -OCH3 is 1. The maximum Gasteiger partial charge on any atom is 0.300 e. The van der Waals surface area contributed by atoms with Crippen LogP contribution in [-0.2, 0) is 15.0 Å². The molecule has 1 amide bonds. The molecule has 1 N–H and O–H groups in total. The zero-order chi connectivity index (χ0) is 25.5. The predicted molar refractivity (Wildman–Crippen MR) is 134 cm³/mol. The third-order valence-electron chi connectivity index (χ3n) is 6.06. The number of ketones is 1. The lowest BCUT2D eigenvalue weighted by Crippen LogP contribution is -2.29. The third-order valence-corrected chi connectivity index (χ3v) is 6.31. The van der Waals surface area contributed by atoms with Crippen molar-refractivity contribution in [2.75, 3.05) is 12.0 Å². The maximum absolute atomic E-state index is 13.7. The van der Waals surface area contributed by atoms with Gasteiger partial charge in [0.15, 0.2) is 0 Å². The van der Waals surface area contributed by atoms with Crippen molar-refractivity contribution in [1.82, 2.24) is 0 Å². The Balaban J connectivity index is 1.99. The van der Waals surface area contributed by atoms with Crippen LogP contribution in [0.25, 0.3) is 5.76 Å². The summed E-state index contributed by atoms with van der Waals surface area (Å²) >= 11 is 6.02. The second-order valence-corrected chi connectivity index (χ2v) is 9.80. The summed E-state index contributed by atoms with van der Waals surface area (Å²) in [6, 6.07) is 16.3. The lowest BCUT2D eigenvalue weighted by atomic mass is 9.85. The number of nitrogens with zero attached hydrogens (tertiary/aromatic N) is 1. The van der Waals surface area contributed by atoms with Gasteiger partial charge in [-0.15, -0.1) is 0 Å². The van der Waals surface area contributed by atoms with Gasteiger partial charge in [-0.25, -0.2) is 4.39 Å². The summed E-state index contributed by atoms with van der Waals surface area (Å²) in [5, 5.41) is 12.0. The fourth-order valence-corrected chi connectivity index (χ4v) is 4.29. The predicted octanol–water partition coefficient (Wildman–Crippen LogP) is 6.41. The first-order valence-electron chi connectivity index (χ1n) is 11.0. The number of rotatable bonds is 4. The van der Waals surface area contributed by atoms with E-state index in [1.54, 1.807) is 36.4 Å². The molecule has 3 aromatic carbocycles. The molecule has 1 saturated heterocycles. The summed E-state index contributed by atoms with van der Waals surface area (Å²) < 4.78 is 19.2. The normalized spacial score (nSPS) is 17.7. The highest BCUT2D eigenvalue weighted by molar-refractivity contribution is 6.51. The van der Waals surface area contributed by atoms with Gasteiger partial charge in [-0.3, -0.25) is 14.5 Å². The molecule has 0 bridgehead atoms. The van der Waals surface area contributed by atoms with Gasteiger partial charge in [-0.1, -0.05) is 50.6 Å². The quantitative estimate of drug-likeness (QED) is 0.259. The maximum atomic E-state index is 13.7. The van der Waals surface area contributed by atoms with E-state index in [2.05, 4.69) is 0 Å². The highest BCUT2D eigenvalue weighted by atomic mass is 35.5. The molecule has 1 atom stereocenters. The van der Waals surface area contributed by atoms with Crippen LogP contribution < -0.4 is 9.64 Å². The number of aliphatic hydroxyl groups is 1. The Morgan fingerprint density at radius 3 is 2.20 bits per heavy atom. The van der Waals surface area contributed by atoms with Gasteiger partial charge in [0.2, 0.25) is 0 Å². The van der Waals surface area contributed by atoms with Crippen LogP contribution in [0.3, 0.4) is 0 Å². The summed E-state index contributed by atoms with van der Waals surface area (Å²) in [6.07, 6.45) is 0. The fraction of sp³-hybridized carbons (Fsp3) is 0.214. The minimum Gasteiger partial charge on any atom is -0.507 e. The van der Waals surface area contributed by atoms with Crippen molar-refractivity contribution in [2.45, 2.75) is 32.2 Å². The summed E-state index contributed by atoms with van der Waals surface area (Å²) in [5.41, 5.74) is 1.73. The van der Waals surface area contributed by atoms with E-state index in [-0.39, 0.29) is 16.7 Å². The van der Waals surface area contributed by atoms with E-state index in [1.165, 1.54) is 36.3 Å². The van der Waals surface area contributed by atoms with Crippen LogP contribution in [0.2, 0.25) is 5.02 Å². The second kappa shape index (κ2) is 9.19. The number of ether oxygens (including phenoxy) is 1. The molecule has 5 nitrogen and oxygen atoms in total. The fourth-order valence-electron chi connectivity index (χ4n) is 4.17. The summed E-state index contributed by atoms with van der Waals surface area (Å²) in [5.74, 6) is -2.14. The third kappa shape index (κ3) is 4.54. The molecule has 7 heteroatoms. The van der Waals surface area contributed by atoms with E-state index in [0.717, 1.165) is 5.56 Å².